The number of nitrogens with zero attached hydrogens (tertiary/aromatic N) is 1. The first-order valence-corrected chi connectivity index (χ1v) is 6.55. The smallest absolute Gasteiger partial charge is 0.109 e. The Balaban J connectivity index is 2.00. The fourth-order valence-corrected chi connectivity index (χ4v) is 2.15. The first-order valence-electron chi connectivity index (χ1n) is 5.67. The lowest BCUT2D eigenvalue weighted by Gasteiger charge is -2.10. The Bertz CT molecular complexity index is 236. The van der Waals surface area contributed by atoms with Gasteiger partial charge in [0.25, 0.3) is 0 Å². The van der Waals surface area contributed by atoms with Crippen LogP contribution in [0, 0.1) is 0 Å². The van der Waals surface area contributed by atoms with Gasteiger partial charge in [-0.15, -0.1) is 11.3 Å². The fourth-order valence-electron chi connectivity index (χ4n) is 1.48. The molecule has 0 saturated carbocycles. The predicted octanol–water partition coefficient (Wildman–Crippen LogP) is 2.31. The van der Waals surface area contributed by atoms with Crippen LogP contribution in [0.1, 0.15) is 43.7 Å². The number of thiazole rings is 1. The summed E-state index contributed by atoms with van der Waals surface area (Å²) in [6.45, 7) is 4.06. The molecule has 0 amide bonds. The lowest BCUT2D eigenvalue weighted by atomic mass is 10.2. The molecule has 0 bridgehead atoms. The van der Waals surface area contributed by atoms with Crippen molar-refractivity contribution in [3.63, 3.8) is 0 Å². The third kappa shape index (κ3) is 5.25. The summed E-state index contributed by atoms with van der Waals surface area (Å²) in [5.41, 5.74) is 5.43. The summed E-state index contributed by atoms with van der Waals surface area (Å²) in [6, 6.07) is 0.388. The highest BCUT2D eigenvalue weighted by Gasteiger charge is 2.05. The molecule has 0 aliphatic carbocycles. The maximum atomic E-state index is 5.43. The van der Waals surface area contributed by atoms with Gasteiger partial charge in [-0.3, -0.25) is 0 Å². The van der Waals surface area contributed by atoms with Crippen LogP contribution in [0.2, 0.25) is 0 Å². The molecule has 0 saturated heterocycles. The van der Waals surface area contributed by atoms with Crippen molar-refractivity contribution in [2.45, 2.75) is 38.6 Å². The molecule has 0 spiro atoms. The summed E-state index contributed by atoms with van der Waals surface area (Å²) >= 11 is 1.71. The van der Waals surface area contributed by atoms with E-state index < -0.39 is 0 Å². The topological polar surface area (TPSA) is 50.9 Å². The Labute approximate surface area is 96.1 Å². The van der Waals surface area contributed by atoms with Gasteiger partial charge in [-0.2, -0.15) is 0 Å². The minimum atomic E-state index is 0.388. The SMILES string of the molecule is CC(NCCCCCCN)c1nccs1. The van der Waals surface area contributed by atoms with E-state index >= 15 is 0 Å². The summed E-state index contributed by atoms with van der Waals surface area (Å²) in [4.78, 5) is 4.28. The molecule has 0 aliphatic heterocycles. The predicted molar refractivity (Wildman–Crippen MR) is 66.1 cm³/mol. The zero-order chi connectivity index (χ0) is 10.9. The molecule has 1 rings (SSSR count). The molecule has 15 heavy (non-hydrogen) atoms. The monoisotopic (exact) mass is 227 g/mol. The first kappa shape index (κ1) is 12.6. The van der Waals surface area contributed by atoms with Gasteiger partial charge in [0, 0.05) is 11.6 Å². The van der Waals surface area contributed by atoms with Gasteiger partial charge in [0.1, 0.15) is 5.01 Å². The number of hydrogen-bond acceptors (Lipinski definition) is 4. The van der Waals surface area contributed by atoms with E-state index in [9.17, 15) is 0 Å². The molecule has 1 atom stereocenters. The van der Waals surface area contributed by atoms with Crippen molar-refractivity contribution in [3.05, 3.63) is 16.6 Å². The second kappa shape index (κ2) is 7.79. The molecule has 0 aromatic carbocycles. The molecule has 86 valence electrons. The van der Waals surface area contributed by atoms with E-state index in [0.29, 0.717) is 6.04 Å². The molecule has 1 heterocycles. The van der Waals surface area contributed by atoms with Crippen LogP contribution in [0.3, 0.4) is 0 Å². The molecule has 1 aromatic heterocycles. The zero-order valence-corrected chi connectivity index (χ0v) is 10.2. The second-order valence-corrected chi connectivity index (χ2v) is 4.68. The van der Waals surface area contributed by atoms with Crippen molar-refractivity contribution >= 4 is 11.3 Å². The van der Waals surface area contributed by atoms with Gasteiger partial charge in [-0.1, -0.05) is 12.8 Å². The number of hydrogen-bond donors (Lipinski definition) is 2. The summed E-state index contributed by atoms with van der Waals surface area (Å²) in [5, 5.41) is 6.68. The summed E-state index contributed by atoms with van der Waals surface area (Å²) in [7, 11) is 0. The van der Waals surface area contributed by atoms with Gasteiger partial charge in [-0.25, -0.2) is 4.98 Å². The van der Waals surface area contributed by atoms with Gasteiger partial charge in [0.05, 0.1) is 6.04 Å². The quantitative estimate of drug-likeness (QED) is 0.670. The molecule has 0 fully saturated rings. The van der Waals surface area contributed by atoms with E-state index in [0.717, 1.165) is 19.5 Å². The number of rotatable bonds is 8. The van der Waals surface area contributed by atoms with Crippen molar-refractivity contribution in [3.8, 4) is 0 Å². The van der Waals surface area contributed by atoms with Crippen molar-refractivity contribution in [1.82, 2.24) is 10.3 Å². The molecular weight excluding hydrogens is 206 g/mol. The highest BCUT2D eigenvalue weighted by atomic mass is 32.1. The minimum Gasteiger partial charge on any atom is -0.330 e. The van der Waals surface area contributed by atoms with Crippen molar-refractivity contribution in [1.29, 1.82) is 0 Å². The summed E-state index contributed by atoms with van der Waals surface area (Å²) < 4.78 is 0. The number of unbranched alkanes of at least 4 members (excludes halogenated alkanes) is 3. The van der Waals surface area contributed by atoms with Gasteiger partial charge >= 0.3 is 0 Å². The van der Waals surface area contributed by atoms with Crippen LogP contribution in [0.15, 0.2) is 11.6 Å². The lowest BCUT2D eigenvalue weighted by Crippen LogP contribution is -2.19. The first-order chi connectivity index (χ1) is 7.34. The molecule has 4 heteroatoms. The van der Waals surface area contributed by atoms with Gasteiger partial charge in [0.15, 0.2) is 0 Å². The number of nitrogens with two attached hydrogens (primary N) is 1. The van der Waals surface area contributed by atoms with Crippen LogP contribution < -0.4 is 11.1 Å². The van der Waals surface area contributed by atoms with Crippen LogP contribution in [0.5, 0.6) is 0 Å². The second-order valence-electron chi connectivity index (χ2n) is 3.75. The third-order valence-corrected chi connectivity index (χ3v) is 3.36. The largest absolute Gasteiger partial charge is 0.330 e. The maximum absolute atomic E-state index is 5.43. The van der Waals surface area contributed by atoms with Crippen LogP contribution in [-0.4, -0.2) is 18.1 Å². The molecule has 1 unspecified atom stereocenters. The van der Waals surface area contributed by atoms with Crippen molar-refractivity contribution in [2.24, 2.45) is 5.73 Å². The number of nitrogens with one attached hydrogen (secondary N) is 1. The summed E-state index contributed by atoms with van der Waals surface area (Å²) in [6.07, 6.45) is 6.77. The Morgan fingerprint density at radius 1 is 1.40 bits per heavy atom. The van der Waals surface area contributed by atoms with Crippen LogP contribution in [0.4, 0.5) is 0 Å². The average Bonchev–Trinajstić information content (AvgIpc) is 2.76. The third-order valence-electron chi connectivity index (χ3n) is 2.40. The normalized spacial score (nSPS) is 12.9. The molecule has 0 aliphatic rings. The minimum absolute atomic E-state index is 0.388. The van der Waals surface area contributed by atoms with E-state index in [-0.39, 0.29) is 0 Å². The molecule has 0 radical (unpaired) electrons. The van der Waals surface area contributed by atoms with E-state index in [1.807, 2.05) is 11.6 Å². The highest BCUT2D eigenvalue weighted by molar-refractivity contribution is 7.09. The number of aromatic nitrogens is 1. The van der Waals surface area contributed by atoms with Gasteiger partial charge in [0.2, 0.25) is 0 Å². The highest BCUT2D eigenvalue weighted by Crippen LogP contribution is 2.14. The van der Waals surface area contributed by atoms with Gasteiger partial charge in [-0.05, 0) is 32.9 Å². The maximum Gasteiger partial charge on any atom is 0.109 e. The molecule has 3 nitrogen and oxygen atoms in total. The Kier molecular flexibility index (Phi) is 6.55. The lowest BCUT2D eigenvalue weighted by molar-refractivity contribution is 0.532. The van der Waals surface area contributed by atoms with Gasteiger partial charge < -0.3 is 11.1 Å². The zero-order valence-electron chi connectivity index (χ0n) is 9.41. The Morgan fingerprint density at radius 2 is 2.20 bits per heavy atom. The van der Waals surface area contributed by atoms with Crippen LogP contribution >= 0.6 is 11.3 Å². The molecule has 1 aromatic rings. The standard InChI is InChI=1S/C11H21N3S/c1-10(11-14-8-9-15-11)13-7-5-3-2-4-6-12/h8-10,13H,2-7,12H2,1H3. The van der Waals surface area contributed by atoms with E-state index in [2.05, 4.69) is 17.2 Å². The van der Waals surface area contributed by atoms with Crippen molar-refractivity contribution in [2.75, 3.05) is 13.1 Å². The Morgan fingerprint density at radius 3 is 2.87 bits per heavy atom. The van der Waals surface area contributed by atoms with Crippen molar-refractivity contribution < 1.29 is 0 Å². The van der Waals surface area contributed by atoms with E-state index in [1.54, 1.807) is 11.3 Å². The average molecular weight is 227 g/mol. The van der Waals surface area contributed by atoms with Crippen LogP contribution in [0.25, 0.3) is 0 Å². The Hall–Kier alpha value is -0.450. The summed E-state index contributed by atoms with van der Waals surface area (Å²) in [5.74, 6) is 0. The van der Waals surface area contributed by atoms with E-state index in [4.69, 9.17) is 5.73 Å². The van der Waals surface area contributed by atoms with Crippen LogP contribution in [-0.2, 0) is 0 Å². The molecule has 3 N–H and O–H groups in total. The molecular formula is C11H21N3S. The fraction of sp³-hybridized carbons (Fsp3) is 0.727. The van der Waals surface area contributed by atoms with E-state index in [1.165, 1.54) is 24.3 Å².